The molecule has 0 heterocycles. The summed E-state index contributed by atoms with van der Waals surface area (Å²) in [5.41, 5.74) is 1.88. The van der Waals surface area contributed by atoms with Gasteiger partial charge in [-0.2, -0.15) is 0 Å². The van der Waals surface area contributed by atoms with Gasteiger partial charge >= 0.3 is 0 Å². The maximum absolute atomic E-state index is 8.65. The Morgan fingerprint density at radius 2 is 1.60 bits per heavy atom. The number of hydrogen-bond donors (Lipinski definition) is 1. The van der Waals surface area contributed by atoms with Gasteiger partial charge in [-0.05, 0) is 5.56 Å². The molecule has 54 valence electrons. The molecule has 1 aromatic rings. The second-order valence-corrected chi connectivity index (χ2v) is 2.15. The van der Waals surface area contributed by atoms with Gasteiger partial charge in [0, 0.05) is 5.56 Å². The monoisotopic (exact) mass is 139 g/mol. The zero-order chi connectivity index (χ0) is 7.40. The molecule has 1 rings (SSSR count). The average molecular weight is 139 g/mol. The molecule has 0 atom stereocenters. The molecule has 0 aliphatic rings. The van der Waals surface area contributed by atoms with E-state index in [9.17, 15) is 0 Å². The van der Waals surface area contributed by atoms with Crippen molar-refractivity contribution in [2.45, 2.75) is 13.2 Å². The summed E-state index contributed by atoms with van der Waals surface area (Å²) in [5.74, 6) is 0. The van der Waals surface area contributed by atoms with Gasteiger partial charge < -0.3 is 10.2 Å². The summed E-state index contributed by atoms with van der Waals surface area (Å²) < 4.78 is 0. The van der Waals surface area contributed by atoms with Crippen LogP contribution < -0.4 is 0 Å². The van der Waals surface area contributed by atoms with Crippen molar-refractivity contribution in [2.24, 2.45) is 0 Å². The lowest BCUT2D eigenvalue weighted by atomic mass is 10.1. The molecular weight excluding hydrogens is 128 g/mol. The number of rotatable bonds is 2. The van der Waals surface area contributed by atoms with E-state index in [-0.39, 0.29) is 6.61 Å². The molecule has 0 aliphatic carbocycles. The van der Waals surface area contributed by atoms with Crippen molar-refractivity contribution in [1.82, 2.24) is 0 Å². The summed E-state index contributed by atoms with van der Waals surface area (Å²) >= 11 is 0. The third kappa shape index (κ3) is 1.56. The van der Waals surface area contributed by atoms with E-state index in [1.54, 1.807) is 0 Å². The molecular formula is C8H11O2+. The smallest absolute Gasteiger partial charge is 0.169 e. The van der Waals surface area contributed by atoms with Crippen molar-refractivity contribution >= 4 is 0 Å². The van der Waals surface area contributed by atoms with Crippen LogP contribution >= 0.6 is 0 Å². The Hall–Kier alpha value is -0.860. The molecule has 0 fully saturated rings. The van der Waals surface area contributed by atoms with Crippen LogP contribution in [0.2, 0.25) is 0 Å². The first-order chi connectivity index (χ1) is 4.86. The van der Waals surface area contributed by atoms with Crippen LogP contribution in [0.25, 0.3) is 0 Å². The number of hydrogen-bond acceptors (Lipinski definition) is 1. The van der Waals surface area contributed by atoms with Gasteiger partial charge in [0.1, 0.15) is 0 Å². The second-order valence-electron chi connectivity index (χ2n) is 2.15. The lowest BCUT2D eigenvalue weighted by Crippen LogP contribution is -1.85. The molecule has 1 aromatic carbocycles. The Balaban J connectivity index is 2.80. The van der Waals surface area contributed by atoms with Gasteiger partial charge in [0.2, 0.25) is 0 Å². The van der Waals surface area contributed by atoms with E-state index >= 15 is 0 Å². The molecule has 0 amide bonds. The minimum Gasteiger partial charge on any atom is -0.442 e. The van der Waals surface area contributed by atoms with Crippen molar-refractivity contribution in [2.75, 3.05) is 0 Å². The summed E-state index contributed by atoms with van der Waals surface area (Å²) in [6.45, 7) is 0.393. The van der Waals surface area contributed by atoms with E-state index < -0.39 is 0 Å². The maximum Gasteiger partial charge on any atom is 0.169 e. The Morgan fingerprint density at radius 1 is 1.10 bits per heavy atom. The predicted octanol–water partition coefficient (Wildman–Crippen LogP) is 0.403. The van der Waals surface area contributed by atoms with Crippen LogP contribution in [0.15, 0.2) is 24.3 Å². The first-order valence-electron chi connectivity index (χ1n) is 3.20. The number of benzene rings is 1. The number of aliphatic hydroxyl groups excluding tert-OH is 1. The van der Waals surface area contributed by atoms with Crippen LogP contribution in [0.3, 0.4) is 0 Å². The lowest BCUT2D eigenvalue weighted by molar-refractivity contribution is 0.278. The normalized spacial score (nSPS) is 9.80. The van der Waals surface area contributed by atoms with Gasteiger partial charge in [0.05, 0.1) is 6.61 Å². The fraction of sp³-hybridized carbons (Fsp3) is 0.250. The van der Waals surface area contributed by atoms with Crippen molar-refractivity contribution in [1.29, 1.82) is 0 Å². The van der Waals surface area contributed by atoms with Crippen LogP contribution in [0, 0.1) is 0 Å². The molecule has 2 nitrogen and oxygen atoms in total. The molecule has 0 aliphatic heterocycles. The molecule has 0 bridgehead atoms. The van der Waals surface area contributed by atoms with E-state index in [0.717, 1.165) is 11.1 Å². The van der Waals surface area contributed by atoms with E-state index in [1.807, 2.05) is 24.3 Å². The molecule has 0 saturated heterocycles. The summed E-state index contributed by atoms with van der Waals surface area (Å²) in [6.07, 6.45) is 0. The summed E-state index contributed by atoms with van der Waals surface area (Å²) in [5, 5.41) is 15.7. The van der Waals surface area contributed by atoms with Crippen molar-refractivity contribution in [3.05, 3.63) is 35.4 Å². The van der Waals surface area contributed by atoms with Gasteiger partial charge in [0.25, 0.3) is 0 Å². The molecule has 10 heavy (non-hydrogen) atoms. The van der Waals surface area contributed by atoms with Crippen LogP contribution in [-0.4, -0.2) is 10.2 Å². The topological polar surface area (TPSA) is 43.1 Å². The van der Waals surface area contributed by atoms with Gasteiger partial charge in [0.15, 0.2) is 6.61 Å². The third-order valence-electron chi connectivity index (χ3n) is 1.41. The highest BCUT2D eigenvalue weighted by atomic mass is 16.3. The van der Waals surface area contributed by atoms with Crippen LogP contribution in [0.4, 0.5) is 0 Å². The van der Waals surface area contributed by atoms with Crippen molar-refractivity contribution in [3.8, 4) is 0 Å². The minimum atomic E-state index is 0.0816. The lowest BCUT2D eigenvalue weighted by Gasteiger charge is -1.95. The van der Waals surface area contributed by atoms with E-state index in [1.165, 1.54) is 0 Å². The molecule has 0 spiro atoms. The highest BCUT2D eigenvalue weighted by molar-refractivity contribution is 5.21. The fourth-order valence-electron chi connectivity index (χ4n) is 0.763. The zero-order valence-corrected chi connectivity index (χ0v) is 5.67. The predicted molar refractivity (Wildman–Crippen MR) is 39.7 cm³/mol. The summed E-state index contributed by atoms with van der Waals surface area (Å²) in [6, 6.07) is 7.39. The Morgan fingerprint density at radius 3 is 2.00 bits per heavy atom. The first kappa shape index (κ1) is 7.25. The Kier molecular flexibility index (Phi) is 2.42. The zero-order valence-electron chi connectivity index (χ0n) is 5.67. The van der Waals surface area contributed by atoms with Gasteiger partial charge in [-0.3, -0.25) is 0 Å². The first-order valence-corrected chi connectivity index (χ1v) is 3.20. The third-order valence-corrected chi connectivity index (χ3v) is 1.41. The highest BCUT2D eigenvalue weighted by Crippen LogP contribution is 2.03. The second kappa shape index (κ2) is 3.34. The highest BCUT2D eigenvalue weighted by Gasteiger charge is 1.91. The SMILES string of the molecule is OCc1ccc(C[OH2+])cc1. The molecule has 2 heteroatoms. The van der Waals surface area contributed by atoms with Crippen LogP contribution in [0.5, 0.6) is 0 Å². The van der Waals surface area contributed by atoms with Crippen LogP contribution in [0.1, 0.15) is 11.1 Å². The Labute approximate surface area is 59.7 Å². The van der Waals surface area contributed by atoms with Crippen LogP contribution in [-0.2, 0) is 13.2 Å². The Bertz CT molecular complexity index is 168. The standard InChI is InChI=1S/C8H10O2/c9-5-7-1-2-8(6-10)4-3-7/h1-4,9-10H,5-6H2/p+1. The van der Waals surface area contributed by atoms with E-state index in [0.29, 0.717) is 6.61 Å². The fourth-order valence-corrected chi connectivity index (χ4v) is 0.763. The summed E-state index contributed by atoms with van der Waals surface area (Å²) in [4.78, 5) is 0. The van der Waals surface area contributed by atoms with Crippen molar-refractivity contribution in [3.63, 3.8) is 0 Å². The average Bonchev–Trinajstić information content (AvgIpc) is 2.05. The molecule has 0 aromatic heterocycles. The molecule has 0 unspecified atom stereocenters. The quantitative estimate of drug-likeness (QED) is 0.592. The number of aliphatic hydroxyl groups is 1. The van der Waals surface area contributed by atoms with Gasteiger partial charge in [-0.15, -0.1) is 0 Å². The largest absolute Gasteiger partial charge is 0.442 e. The van der Waals surface area contributed by atoms with Gasteiger partial charge in [-0.1, -0.05) is 24.3 Å². The van der Waals surface area contributed by atoms with E-state index in [2.05, 4.69) is 0 Å². The molecule has 0 radical (unpaired) electrons. The van der Waals surface area contributed by atoms with Gasteiger partial charge in [-0.25, -0.2) is 0 Å². The summed E-state index contributed by atoms with van der Waals surface area (Å²) in [7, 11) is 0. The maximum atomic E-state index is 8.65. The molecule has 0 saturated carbocycles. The van der Waals surface area contributed by atoms with E-state index in [4.69, 9.17) is 10.2 Å². The van der Waals surface area contributed by atoms with Crippen molar-refractivity contribution < 1.29 is 10.2 Å². The minimum absolute atomic E-state index is 0.0816. The molecule has 3 N–H and O–H groups in total.